The summed E-state index contributed by atoms with van der Waals surface area (Å²) in [6.45, 7) is 1.68. The summed E-state index contributed by atoms with van der Waals surface area (Å²) in [5.74, 6) is -1.23. The monoisotopic (exact) mass is 405 g/mol. The zero-order valence-electron chi connectivity index (χ0n) is 13.9. The van der Waals surface area contributed by atoms with Gasteiger partial charge >= 0.3 is 0 Å². The van der Waals surface area contributed by atoms with Crippen LogP contribution in [-0.2, 0) is 0 Å². The fourth-order valence-electron chi connectivity index (χ4n) is 3.11. The van der Waals surface area contributed by atoms with Crippen LogP contribution < -0.4 is 5.56 Å². The van der Waals surface area contributed by atoms with Gasteiger partial charge in [-0.15, -0.1) is 0 Å². The molecule has 4 nitrogen and oxygen atoms in total. The predicted molar refractivity (Wildman–Crippen MR) is 100 cm³/mol. The largest absolute Gasteiger partial charge is 0.302 e. The van der Waals surface area contributed by atoms with Gasteiger partial charge in [0.25, 0.3) is 5.56 Å². The third-order valence-electron chi connectivity index (χ3n) is 4.30. The van der Waals surface area contributed by atoms with Crippen molar-refractivity contribution in [3.8, 4) is 5.69 Å². The molecule has 27 heavy (non-hydrogen) atoms. The van der Waals surface area contributed by atoms with Crippen molar-refractivity contribution in [2.75, 3.05) is 0 Å². The molecular weight excluding hydrogens is 395 g/mol. The molecule has 0 amide bonds. The van der Waals surface area contributed by atoms with E-state index in [2.05, 4.69) is 9.98 Å². The molecule has 1 aliphatic rings. The number of halogens is 4. The normalized spacial score (nSPS) is 15.6. The van der Waals surface area contributed by atoms with Crippen LogP contribution in [0.5, 0.6) is 0 Å². The molecule has 1 atom stereocenters. The van der Waals surface area contributed by atoms with Gasteiger partial charge in [0.15, 0.2) is 0 Å². The van der Waals surface area contributed by atoms with E-state index in [1.165, 1.54) is 18.3 Å². The Kier molecular flexibility index (Phi) is 4.32. The number of hydrogen-bond donors (Lipinski definition) is 0. The Morgan fingerprint density at radius 1 is 1.04 bits per heavy atom. The first-order chi connectivity index (χ1) is 12.9. The van der Waals surface area contributed by atoms with Gasteiger partial charge in [0.2, 0.25) is 0 Å². The molecule has 8 heteroatoms. The molecule has 0 spiro atoms. The van der Waals surface area contributed by atoms with Crippen molar-refractivity contribution in [3.63, 3.8) is 0 Å². The summed E-state index contributed by atoms with van der Waals surface area (Å²) in [5, 5.41) is 0.319. The van der Waals surface area contributed by atoms with E-state index in [-0.39, 0.29) is 26.9 Å². The summed E-state index contributed by atoms with van der Waals surface area (Å²) in [6.07, 6.45) is 1.53. The molecule has 2 aromatic carbocycles. The second-order valence-corrected chi connectivity index (χ2v) is 6.78. The summed E-state index contributed by atoms with van der Waals surface area (Å²) >= 11 is 12.6. The van der Waals surface area contributed by atoms with Crippen molar-refractivity contribution in [2.24, 2.45) is 4.99 Å². The second kappa shape index (κ2) is 6.55. The number of aromatic nitrogens is 2. The van der Waals surface area contributed by atoms with E-state index in [0.717, 1.165) is 12.1 Å². The lowest BCUT2D eigenvalue weighted by Gasteiger charge is -2.16. The minimum atomic E-state index is -0.781. The first-order valence-electron chi connectivity index (χ1n) is 7.99. The molecule has 0 saturated carbocycles. The summed E-state index contributed by atoms with van der Waals surface area (Å²) in [5.41, 5.74) is -0.00336. The summed E-state index contributed by atoms with van der Waals surface area (Å²) in [6, 6.07) is 7.39. The van der Waals surface area contributed by atoms with Crippen LogP contribution in [0.3, 0.4) is 0 Å². The van der Waals surface area contributed by atoms with Crippen LogP contribution in [0.1, 0.15) is 29.9 Å². The maximum absolute atomic E-state index is 14.5. The van der Waals surface area contributed by atoms with Crippen LogP contribution in [0.15, 0.2) is 52.4 Å². The van der Waals surface area contributed by atoms with Gasteiger partial charge in [-0.3, -0.25) is 9.79 Å². The Balaban J connectivity index is 2.15. The van der Waals surface area contributed by atoms with E-state index >= 15 is 0 Å². The molecule has 0 aliphatic carbocycles. The number of aliphatic imine (C=N–C) groups is 1. The Hall–Kier alpha value is -2.57. The molecule has 1 aliphatic heterocycles. The van der Waals surface area contributed by atoms with Crippen LogP contribution in [0.25, 0.3) is 5.69 Å². The Morgan fingerprint density at radius 3 is 2.44 bits per heavy atom. The van der Waals surface area contributed by atoms with E-state index in [9.17, 15) is 13.6 Å². The highest BCUT2D eigenvalue weighted by molar-refractivity contribution is 6.45. The molecule has 0 N–H and O–H groups in total. The molecule has 1 aromatic heterocycles. The van der Waals surface area contributed by atoms with E-state index in [1.54, 1.807) is 23.6 Å². The van der Waals surface area contributed by atoms with Crippen molar-refractivity contribution in [3.05, 3.63) is 91.6 Å². The zero-order valence-corrected chi connectivity index (χ0v) is 15.4. The highest BCUT2D eigenvalue weighted by atomic mass is 35.5. The molecule has 0 fully saturated rings. The standard InChI is InChI=1S/C19H11Cl2F2N3O/c1-9-19-25-14(27)7-8-26(19)13-6-5-10(20)17(21)16(13)18(24-9)15-11(22)3-2-4-12(15)23/h2-9H,1H3/t9-/m0/s1. The molecule has 2 heterocycles. The first kappa shape index (κ1) is 17.8. The number of benzene rings is 2. The Labute approximate surface area is 162 Å². The highest BCUT2D eigenvalue weighted by Crippen LogP contribution is 2.37. The molecule has 0 saturated heterocycles. The third-order valence-corrected chi connectivity index (χ3v) is 5.11. The van der Waals surface area contributed by atoms with Gasteiger partial charge < -0.3 is 4.57 Å². The molecule has 0 bridgehead atoms. The smallest absolute Gasteiger partial charge is 0.272 e. The SMILES string of the molecule is C[C@@H]1N=C(c2c(F)cccc2F)c2c(ccc(Cl)c2Cl)-n2ccc(=O)nc21. The van der Waals surface area contributed by atoms with Gasteiger partial charge in [-0.1, -0.05) is 29.3 Å². The topological polar surface area (TPSA) is 47.2 Å². The number of nitrogens with zero attached hydrogens (tertiary/aromatic N) is 3. The predicted octanol–water partition coefficient (Wildman–Crippen LogP) is 4.73. The molecule has 4 rings (SSSR count). The maximum Gasteiger partial charge on any atom is 0.272 e. The fourth-order valence-corrected chi connectivity index (χ4v) is 3.52. The van der Waals surface area contributed by atoms with Crippen molar-refractivity contribution in [1.82, 2.24) is 9.55 Å². The second-order valence-electron chi connectivity index (χ2n) is 6.00. The number of hydrogen-bond acceptors (Lipinski definition) is 3. The van der Waals surface area contributed by atoms with Crippen LogP contribution in [0, 0.1) is 11.6 Å². The zero-order chi connectivity index (χ0) is 19.3. The summed E-state index contributed by atoms with van der Waals surface area (Å²) < 4.78 is 30.7. The molecular formula is C19H11Cl2F2N3O. The quantitative estimate of drug-likeness (QED) is 0.587. The van der Waals surface area contributed by atoms with Gasteiger partial charge in [0.1, 0.15) is 23.5 Å². The minimum Gasteiger partial charge on any atom is -0.302 e. The Morgan fingerprint density at radius 2 is 1.74 bits per heavy atom. The molecule has 0 unspecified atom stereocenters. The van der Waals surface area contributed by atoms with Gasteiger partial charge in [-0.05, 0) is 31.2 Å². The lowest BCUT2D eigenvalue weighted by Crippen LogP contribution is -2.16. The highest BCUT2D eigenvalue weighted by Gasteiger charge is 2.29. The van der Waals surface area contributed by atoms with Crippen LogP contribution in [0.4, 0.5) is 8.78 Å². The van der Waals surface area contributed by atoms with Crippen molar-refractivity contribution in [1.29, 1.82) is 0 Å². The van der Waals surface area contributed by atoms with Crippen LogP contribution >= 0.6 is 23.2 Å². The lowest BCUT2D eigenvalue weighted by molar-refractivity contribution is 0.578. The van der Waals surface area contributed by atoms with Gasteiger partial charge in [-0.2, -0.15) is 4.98 Å². The first-order valence-corrected chi connectivity index (χ1v) is 8.74. The molecule has 3 aromatic rings. The van der Waals surface area contributed by atoms with E-state index < -0.39 is 23.2 Å². The fraction of sp³-hybridized carbons (Fsp3) is 0.105. The molecule has 0 radical (unpaired) electrons. The van der Waals surface area contributed by atoms with Crippen molar-refractivity contribution < 1.29 is 8.78 Å². The van der Waals surface area contributed by atoms with Gasteiger partial charge in [0.05, 0.1) is 27.0 Å². The van der Waals surface area contributed by atoms with E-state index in [0.29, 0.717) is 11.5 Å². The maximum atomic E-state index is 14.5. The van der Waals surface area contributed by atoms with E-state index in [4.69, 9.17) is 23.2 Å². The number of rotatable bonds is 1. The average molecular weight is 406 g/mol. The van der Waals surface area contributed by atoms with Crippen molar-refractivity contribution in [2.45, 2.75) is 13.0 Å². The third kappa shape index (κ3) is 2.85. The summed E-state index contributed by atoms with van der Waals surface area (Å²) in [4.78, 5) is 20.2. The van der Waals surface area contributed by atoms with E-state index in [1.807, 2.05) is 0 Å². The minimum absolute atomic E-state index is 0.0125. The van der Waals surface area contributed by atoms with Gasteiger partial charge in [-0.25, -0.2) is 8.78 Å². The van der Waals surface area contributed by atoms with Crippen molar-refractivity contribution >= 4 is 28.9 Å². The Bertz CT molecular complexity index is 1150. The summed E-state index contributed by atoms with van der Waals surface area (Å²) in [7, 11) is 0. The average Bonchev–Trinajstić information content (AvgIpc) is 2.74. The lowest BCUT2D eigenvalue weighted by atomic mass is 9.99. The van der Waals surface area contributed by atoms with Crippen LogP contribution in [0.2, 0.25) is 10.0 Å². The number of fused-ring (bicyclic) bond motifs is 3. The van der Waals surface area contributed by atoms with Gasteiger partial charge in [0, 0.05) is 17.8 Å². The van der Waals surface area contributed by atoms with Crippen LogP contribution in [-0.4, -0.2) is 15.3 Å². The molecule has 136 valence electrons.